The molecule has 0 aliphatic heterocycles. The van der Waals surface area contributed by atoms with Crippen molar-refractivity contribution in [1.29, 1.82) is 0 Å². The van der Waals surface area contributed by atoms with Gasteiger partial charge in [0.15, 0.2) is 0 Å². The predicted octanol–water partition coefficient (Wildman–Crippen LogP) is 1.67. The minimum atomic E-state index is -0.473. The lowest BCUT2D eigenvalue weighted by atomic mass is 10.2. The van der Waals surface area contributed by atoms with Crippen LogP contribution in [0, 0.1) is 16.0 Å². The Morgan fingerprint density at radius 2 is 2.26 bits per heavy atom. The summed E-state index contributed by atoms with van der Waals surface area (Å²) in [6.45, 7) is 1.87. The Kier molecular flexibility index (Phi) is 5.78. The van der Waals surface area contributed by atoms with E-state index < -0.39 is 4.92 Å². The largest absolute Gasteiger partial charge is 0.396 e. The molecule has 0 saturated heterocycles. The number of carbonyl (C=O) groups is 1. The molecule has 1 atom stereocenters. The third-order valence-corrected chi connectivity index (χ3v) is 3.85. The summed E-state index contributed by atoms with van der Waals surface area (Å²) in [5, 5.41) is 22.4. The van der Waals surface area contributed by atoms with E-state index in [0.29, 0.717) is 16.2 Å². The molecule has 0 radical (unpaired) electrons. The lowest BCUT2D eigenvalue weighted by Gasteiger charge is -2.08. The third-order valence-electron chi connectivity index (χ3n) is 2.48. The molecule has 1 amide bonds. The van der Waals surface area contributed by atoms with E-state index in [1.165, 1.54) is 37.0 Å². The van der Waals surface area contributed by atoms with Gasteiger partial charge in [0.2, 0.25) is 0 Å². The summed E-state index contributed by atoms with van der Waals surface area (Å²) in [5.41, 5.74) is 0.357. The number of amides is 1. The maximum Gasteiger partial charge on any atom is 0.282 e. The number of nitro groups is 1. The van der Waals surface area contributed by atoms with Crippen LogP contribution in [0.1, 0.15) is 17.3 Å². The summed E-state index contributed by atoms with van der Waals surface area (Å²) >= 11 is 1.27. The number of nitrogens with one attached hydrogen (secondary N) is 1. The topological polar surface area (TPSA) is 92.5 Å². The number of aliphatic hydroxyl groups excluding tert-OH is 1. The highest BCUT2D eigenvalue weighted by Gasteiger charge is 2.17. The monoisotopic (exact) mass is 284 g/mol. The molecule has 6 nitrogen and oxygen atoms in total. The highest BCUT2D eigenvalue weighted by Crippen LogP contribution is 2.31. The molecule has 0 fully saturated rings. The van der Waals surface area contributed by atoms with Crippen molar-refractivity contribution < 1.29 is 14.8 Å². The summed E-state index contributed by atoms with van der Waals surface area (Å²) in [4.78, 5) is 22.4. The van der Waals surface area contributed by atoms with Crippen LogP contribution in [0.3, 0.4) is 0 Å². The zero-order valence-electron chi connectivity index (χ0n) is 10.8. The number of carbonyl (C=O) groups excluding carboxylic acids is 1. The molecule has 104 valence electrons. The van der Waals surface area contributed by atoms with Crippen molar-refractivity contribution in [3.63, 3.8) is 0 Å². The summed E-state index contributed by atoms with van der Waals surface area (Å²) in [6.07, 6.45) is 0. The summed E-state index contributed by atoms with van der Waals surface area (Å²) in [5.74, 6) is 0.300. The summed E-state index contributed by atoms with van der Waals surface area (Å²) in [6, 6.07) is 4.26. The molecule has 0 heterocycles. The normalized spacial score (nSPS) is 11.9. The van der Waals surface area contributed by atoms with Gasteiger partial charge in [-0.3, -0.25) is 14.9 Å². The van der Waals surface area contributed by atoms with Crippen molar-refractivity contribution in [3.8, 4) is 0 Å². The number of nitrogens with zero attached hydrogens (tertiary/aromatic N) is 1. The van der Waals surface area contributed by atoms with Crippen LogP contribution < -0.4 is 5.32 Å². The molecule has 0 bridgehead atoms. The van der Waals surface area contributed by atoms with Crippen LogP contribution in [0.4, 0.5) is 5.69 Å². The van der Waals surface area contributed by atoms with E-state index in [1.54, 1.807) is 0 Å². The smallest absolute Gasteiger partial charge is 0.282 e. The first-order valence-electron chi connectivity index (χ1n) is 5.73. The molecule has 0 aliphatic rings. The van der Waals surface area contributed by atoms with E-state index in [2.05, 4.69) is 5.32 Å². The van der Waals surface area contributed by atoms with Crippen molar-refractivity contribution in [3.05, 3.63) is 33.9 Å². The zero-order chi connectivity index (χ0) is 14.4. The van der Waals surface area contributed by atoms with Crippen LogP contribution in [0.25, 0.3) is 0 Å². The SMILES string of the molecule is CNC(=O)c1ccc([N+](=O)[O-])c(SCC(C)CO)c1. The van der Waals surface area contributed by atoms with E-state index >= 15 is 0 Å². The first-order valence-corrected chi connectivity index (χ1v) is 6.72. The lowest BCUT2D eigenvalue weighted by Crippen LogP contribution is -2.17. The average Bonchev–Trinajstić information content (AvgIpc) is 2.43. The van der Waals surface area contributed by atoms with Crippen LogP contribution in [0.2, 0.25) is 0 Å². The predicted molar refractivity (Wildman–Crippen MR) is 73.5 cm³/mol. The number of thioether (sulfide) groups is 1. The quantitative estimate of drug-likeness (QED) is 0.471. The first-order chi connectivity index (χ1) is 8.99. The molecule has 0 aromatic heterocycles. The molecular formula is C12H16N2O4S. The molecule has 1 rings (SSSR count). The Morgan fingerprint density at radius 3 is 2.79 bits per heavy atom. The first kappa shape index (κ1) is 15.5. The Hall–Kier alpha value is -1.60. The minimum absolute atomic E-state index is 0.0237. The number of rotatable bonds is 6. The van der Waals surface area contributed by atoms with Gasteiger partial charge in [0, 0.05) is 31.0 Å². The molecule has 0 aliphatic carbocycles. The molecule has 2 N–H and O–H groups in total. The standard InChI is InChI=1S/C12H16N2O4S/c1-8(6-15)7-19-11-5-9(12(16)13-2)3-4-10(11)14(17)18/h3-5,8,15H,6-7H2,1-2H3,(H,13,16). The van der Waals surface area contributed by atoms with Crippen molar-refractivity contribution in [2.45, 2.75) is 11.8 Å². The fraction of sp³-hybridized carbons (Fsp3) is 0.417. The maximum atomic E-state index is 11.5. The Bertz CT molecular complexity index is 479. The lowest BCUT2D eigenvalue weighted by molar-refractivity contribution is -0.387. The van der Waals surface area contributed by atoms with Crippen molar-refractivity contribution in [2.24, 2.45) is 5.92 Å². The van der Waals surface area contributed by atoms with Gasteiger partial charge in [0.05, 0.1) is 9.82 Å². The van der Waals surface area contributed by atoms with E-state index in [1.807, 2.05) is 6.92 Å². The highest BCUT2D eigenvalue weighted by molar-refractivity contribution is 7.99. The van der Waals surface area contributed by atoms with Crippen LogP contribution in [0.5, 0.6) is 0 Å². The van der Waals surface area contributed by atoms with E-state index in [-0.39, 0.29) is 24.1 Å². The Balaban J connectivity index is 3.01. The van der Waals surface area contributed by atoms with Gasteiger partial charge in [-0.05, 0) is 18.1 Å². The highest BCUT2D eigenvalue weighted by atomic mass is 32.2. The van der Waals surface area contributed by atoms with Crippen molar-refractivity contribution >= 4 is 23.4 Å². The van der Waals surface area contributed by atoms with Crippen LogP contribution in [0.15, 0.2) is 23.1 Å². The fourth-order valence-corrected chi connectivity index (χ4v) is 2.42. The number of nitro benzene ring substituents is 1. The molecule has 1 aromatic rings. The number of hydrogen-bond acceptors (Lipinski definition) is 5. The zero-order valence-corrected chi connectivity index (χ0v) is 11.6. The van der Waals surface area contributed by atoms with Crippen LogP contribution in [-0.2, 0) is 0 Å². The van der Waals surface area contributed by atoms with Gasteiger partial charge in [0.25, 0.3) is 11.6 Å². The van der Waals surface area contributed by atoms with E-state index in [0.717, 1.165) is 0 Å². The fourth-order valence-electron chi connectivity index (χ4n) is 1.35. The molecular weight excluding hydrogens is 268 g/mol. The van der Waals surface area contributed by atoms with Crippen molar-refractivity contribution in [2.75, 3.05) is 19.4 Å². The second-order valence-electron chi connectivity index (χ2n) is 4.12. The second kappa shape index (κ2) is 7.10. The number of benzene rings is 1. The van der Waals surface area contributed by atoms with Crippen molar-refractivity contribution in [1.82, 2.24) is 5.32 Å². The Morgan fingerprint density at radius 1 is 1.58 bits per heavy atom. The molecule has 1 unspecified atom stereocenters. The number of hydrogen-bond donors (Lipinski definition) is 2. The van der Waals surface area contributed by atoms with Gasteiger partial charge in [-0.15, -0.1) is 11.8 Å². The second-order valence-corrected chi connectivity index (χ2v) is 5.18. The van der Waals surface area contributed by atoms with Gasteiger partial charge in [-0.25, -0.2) is 0 Å². The third kappa shape index (κ3) is 4.22. The maximum absolute atomic E-state index is 11.5. The molecule has 0 saturated carbocycles. The van der Waals surface area contributed by atoms with E-state index in [4.69, 9.17) is 5.11 Å². The summed E-state index contributed by atoms with van der Waals surface area (Å²) in [7, 11) is 1.50. The average molecular weight is 284 g/mol. The molecule has 0 spiro atoms. The van der Waals surface area contributed by atoms with Crippen LogP contribution in [-0.4, -0.2) is 35.3 Å². The van der Waals surface area contributed by atoms with Gasteiger partial charge in [-0.2, -0.15) is 0 Å². The molecule has 19 heavy (non-hydrogen) atoms. The van der Waals surface area contributed by atoms with Gasteiger partial charge in [0.1, 0.15) is 0 Å². The van der Waals surface area contributed by atoms with E-state index in [9.17, 15) is 14.9 Å². The number of aliphatic hydroxyl groups is 1. The molecule has 1 aromatic carbocycles. The molecule has 7 heteroatoms. The van der Waals surface area contributed by atoms with Crippen LogP contribution >= 0.6 is 11.8 Å². The van der Waals surface area contributed by atoms with Gasteiger partial charge in [-0.1, -0.05) is 6.92 Å². The summed E-state index contributed by atoms with van der Waals surface area (Å²) < 4.78 is 0. The van der Waals surface area contributed by atoms with Gasteiger partial charge >= 0.3 is 0 Å². The minimum Gasteiger partial charge on any atom is -0.396 e. The Labute approximate surface area is 115 Å². The van der Waals surface area contributed by atoms with Gasteiger partial charge < -0.3 is 10.4 Å².